The zero-order valence-electron chi connectivity index (χ0n) is 11.2. The number of benzene rings is 1. The second kappa shape index (κ2) is 6.54. The maximum absolute atomic E-state index is 8.70. The maximum Gasteiger partial charge on any atom is 0.170 e. The van der Waals surface area contributed by atoms with Crippen LogP contribution in [0.25, 0.3) is 0 Å². The lowest BCUT2D eigenvalue weighted by molar-refractivity contribution is 0.0388. The van der Waals surface area contributed by atoms with Gasteiger partial charge in [0.15, 0.2) is 5.84 Å². The molecule has 5 heteroatoms. The van der Waals surface area contributed by atoms with E-state index in [9.17, 15) is 0 Å². The van der Waals surface area contributed by atoms with Gasteiger partial charge in [0.1, 0.15) is 0 Å². The number of piperidine rings is 1. The zero-order chi connectivity index (χ0) is 13.7. The summed E-state index contributed by atoms with van der Waals surface area (Å²) in [6, 6.07) is 7.81. The molecule has 0 spiro atoms. The number of oxime groups is 1. The summed E-state index contributed by atoms with van der Waals surface area (Å²) in [4.78, 5) is 2.40. The van der Waals surface area contributed by atoms with Gasteiger partial charge in [-0.05, 0) is 24.5 Å². The summed E-state index contributed by atoms with van der Waals surface area (Å²) < 4.78 is 5.37. The summed E-state index contributed by atoms with van der Waals surface area (Å²) in [6.07, 6.45) is 2.56. The minimum atomic E-state index is 0.153. The Hall–Kier alpha value is -1.59. The van der Waals surface area contributed by atoms with Gasteiger partial charge in [-0.1, -0.05) is 23.4 Å². The summed E-state index contributed by atoms with van der Waals surface area (Å²) in [5, 5.41) is 11.7. The summed E-state index contributed by atoms with van der Waals surface area (Å²) in [5.41, 5.74) is 7.54. The van der Waals surface area contributed by atoms with Crippen LogP contribution < -0.4 is 5.73 Å². The van der Waals surface area contributed by atoms with Crippen molar-refractivity contribution in [2.75, 3.05) is 20.2 Å². The summed E-state index contributed by atoms with van der Waals surface area (Å²) in [7, 11) is 1.78. The second-order valence-electron chi connectivity index (χ2n) is 4.90. The minimum absolute atomic E-state index is 0.153. The number of hydrogen-bond donors (Lipinski definition) is 2. The van der Waals surface area contributed by atoms with Crippen LogP contribution >= 0.6 is 0 Å². The van der Waals surface area contributed by atoms with E-state index < -0.39 is 0 Å². The van der Waals surface area contributed by atoms with E-state index in [1.807, 2.05) is 18.2 Å². The predicted octanol–water partition coefficient (Wildman–Crippen LogP) is 1.39. The predicted molar refractivity (Wildman–Crippen MR) is 74.3 cm³/mol. The molecule has 19 heavy (non-hydrogen) atoms. The molecule has 1 aliphatic heterocycles. The first kappa shape index (κ1) is 13.8. The smallest absolute Gasteiger partial charge is 0.170 e. The third-order valence-electron chi connectivity index (χ3n) is 3.60. The van der Waals surface area contributed by atoms with Crippen molar-refractivity contribution in [2.45, 2.75) is 25.5 Å². The number of amidine groups is 1. The van der Waals surface area contributed by atoms with Gasteiger partial charge < -0.3 is 15.7 Å². The highest BCUT2D eigenvalue weighted by Gasteiger charge is 2.18. The van der Waals surface area contributed by atoms with Crippen molar-refractivity contribution < 1.29 is 9.94 Å². The van der Waals surface area contributed by atoms with Crippen molar-refractivity contribution in [2.24, 2.45) is 10.9 Å². The highest BCUT2D eigenvalue weighted by atomic mass is 16.5. The van der Waals surface area contributed by atoms with E-state index in [4.69, 9.17) is 15.7 Å². The quantitative estimate of drug-likeness (QED) is 0.373. The van der Waals surface area contributed by atoms with Crippen LogP contribution in [0.2, 0.25) is 0 Å². The first-order valence-corrected chi connectivity index (χ1v) is 6.55. The Balaban J connectivity index is 1.96. The number of hydrogen-bond acceptors (Lipinski definition) is 4. The van der Waals surface area contributed by atoms with Gasteiger partial charge in [-0.3, -0.25) is 4.90 Å². The Morgan fingerprint density at radius 1 is 1.47 bits per heavy atom. The molecule has 0 atom stereocenters. The van der Waals surface area contributed by atoms with Gasteiger partial charge >= 0.3 is 0 Å². The first-order valence-electron chi connectivity index (χ1n) is 6.55. The molecule has 0 bridgehead atoms. The number of methoxy groups -OCH3 is 1. The Bertz CT molecular complexity index is 440. The highest BCUT2D eigenvalue weighted by Crippen LogP contribution is 2.16. The number of nitrogens with zero attached hydrogens (tertiary/aromatic N) is 2. The van der Waals surface area contributed by atoms with Crippen molar-refractivity contribution in [3.63, 3.8) is 0 Å². The van der Waals surface area contributed by atoms with E-state index >= 15 is 0 Å². The first-order chi connectivity index (χ1) is 9.22. The lowest BCUT2D eigenvalue weighted by Crippen LogP contribution is -2.36. The number of likely N-dealkylation sites (tertiary alicyclic amines) is 1. The molecule has 0 amide bonds. The molecule has 0 unspecified atom stereocenters. The molecule has 0 saturated carbocycles. The van der Waals surface area contributed by atoms with E-state index in [1.54, 1.807) is 7.11 Å². The van der Waals surface area contributed by atoms with Crippen molar-refractivity contribution in [1.29, 1.82) is 0 Å². The third-order valence-corrected chi connectivity index (χ3v) is 3.60. The van der Waals surface area contributed by atoms with Gasteiger partial charge in [0.2, 0.25) is 0 Å². The Morgan fingerprint density at radius 2 is 2.21 bits per heavy atom. The van der Waals surface area contributed by atoms with Crippen LogP contribution in [-0.4, -0.2) is 42.2 Å². The van der Waals surface area contributed by atoms with Crippen molar-refractivity contribution >= 4 is 5.84 Å². The fourth-order valence-corrected chi connectivity index (χ4v) is 2.45. The van der Waals surface area contributed by atoms with Gasteiger partial charge in [0, 0.05) is 32.3 Å². The molecule has 0 aliphatic carbocycles. The molecule has 1 aliphatic rings. The number of nitrogens with two attached hydrogens (primary N) is 1. The largest absolute Gasteiger partial charge is 0.409 e. The fraction of sp³-hybridized carbons (Fsp3) is 0.500. The lowest BCUT2D eigenvalue weighted by atomic mass is 10.1. The Morgan fingerprint density at radius 3 is 2.84 bits per heavy atom. The summed E-state index contributed by atoms with van der Waals surface area (Å²) >= 11 is 0. The second-order valence-corrected chi connectivity index (χ2v) is 4.90. The van der Waals surface area contributed by atoms with Crippen LogP contribution in [0.3, 0.4) is 0 Å². The van der Waals surface area contributed by atoms with E-state index in [-0.39, 0.29) is 5.84 Å². The van der Waals surface area contributed by atoms with Gasteiger partial charge in [0.25, 0.3) is 0 Å². The van der Waals surface area contributed by atoms with Crippen LogP contribution in [0.5, 0.6) is 0 Å². The molecule has 1 heterocycles. The Labute approximate surface area is 113 Å². The Kier molecular flexibility index (Phi) is 4.76. The van der Waals surface area contributed by atoms with Crippen LogP contribution in [0.1, 0.15) is 24.0 Å². The van der Waals surface area contributed by atoms with Gasteiger partial charge in [-0.2, -0.15) is 0 Å². The molecular weight excluding hydrogens is 242 g/mol. The van der Waals surface area contributed by atoms with E-state index in [0.717, 1.165) is 38.0 Å². The highest BCUT2D eigenvalue weighted by molar-refractivity contribution is 5.97. The molecular formula is C14H21N3O2. The molecule has 1 saturated heterocycles. The SMILES string of the molecule is COC1CCN(Cc2cccc(/C(N)=N/O)c2)CC1. The maximum atomic E-state index is 8.70. The van der Waals surface area contributed by atoms with Crippen LogP contribution in [-0.2, 0) is 11.3 Å². The van der Waals surface area contributed by atoms with Crippen molar-refractivity contribution in [3.05, 3.63) is 35.4 Å². The summed E-state index contributed by atoms with van der Waals surface area (Å²) in [6.45, 7) is 2.99. The average molecular weight is 263 g/mol. The molecule has 1 aromatic rings. The van der Waals surface area contributed by atoms with E-state index in [1.165, 1.54) is 5.56 Å². The summed E-state index contributed by atoms with van der Waals surface area (Å²) in [5.74, 6) is 0.153. The zero-order valence-corrected chi connectivity index (χ0v) is 11.2. The molecule has 1 fully saturated rings. The lowest BCUT2D eigenvalue weighted by Gasteiger charge is -2.31. The van der Waals surface area contributed by atoms with Crippen molar-refractivity contribution in [1.82, 2.24) is 4.90 Å². The van der Waals surface area contributed by atoms with Crippen LogP contribution in [0.15, 0.2) is 29.4 Å². The molecule has 0 aromatic heterocycles. The van der Waals surface area contributed by atoms with Crippen molar-refractivity contribution in [3.8, 4) is 0 Å². The van der Waals surface area contributed by atoms with Crippen LogP contribution in [0.4, 0.5) is 0 Å². The number of ether oxygens (including phenoxy) is 1. The van der Waals surface area contributed by atoms with Gasteiger partial charge in [0.05, 0.1) is 6.10 Å². The molecule has 5 nitrogen and oxygen atoms in total. The third kappa shape index (κ3) is 3.68. The van der Waals surface area contributed by atoms with E-state index in [2.05, 4.69) is 16.1 Å². The van der Waals surface area contributed by atoms with E-state index in [0.29, 0.717) is 6.10 Å². The monoisotopic (exact) mass is 263 g/mol. The molecule has 0 radical (unpaired) electrons. The van der Waals surface area contributed by atoms with Gasteiger partial charge in [-0.25, -0.2) is 0 Å². The standard InChI is InChI=1S/C14H21N3O2/c1-19-13-5-7-17(8-6-13)10-11-3-2-4-12(9-11)14(15)16-18/h2-4,9,13,18H,5-8,10H2,1H3,(H2,15,16). The molecule has 2 rings (SSSR count). The minimum Gasteiger partial charge on any atom is -0.409 e. The van der Waals surface area contributed by atoms with Gasteiger partial charge in [-0.15, -0.1) is 0 Å². The average Bonchev–Trinajstić information content (AvgIpc) is 2.47. The normalized spacial score (nSPS) is 18.7. The number of rotatable bonds is 4. The topological polar surface area (TPSA) is 71.1 Å². The molecule has 1 aromatic carbocycles. The van der Waals surface area contributed by atoms with Crippen LogP contribution in [0, 0.1) is 0 Å². The molecule has 3 N–H and O–H groups in total. The molecule has 104 valence electrons. The fourth-order valence-electron chi connectivity index (χ4n) is 2.45.